The summed E-state index contributed by atoms with van der Waals surface area (Å²) in [4.78, 5) is 22.7. The van der Waals surface area contributed by atoms with Gasteiger partial charge >= 0.3 is 5.97 Å². The molecule has 8 heteroatoms. The molecule has 1 heterocycles. The molecule has 1 amide bonds. The zero-order chi connectivity index (χ0) is 14.7. The van der Waals surface area contributed by atoms with Crippen LogP contribution in [0.5, 0.6) is 0 Å². The van der Waals surface area contributed by atoms with E-state index in [4.69, 9.17) is 5.11 Å². The molecule has 0 radical (unpaired) electrons. The molecule has 1 saturated carbocycles. The molecule has 2 rings (SSSR count). The van der Waals surface area contributed by atoms with Crippen LogP contribution in [0.1, 0.15) is 44.5 Å². The highest BCUT2D eigenvalue weighted by atomic mass is 32.2. The number of hydrogen-bond acceptors (Lipinski definition) is 5. The normalized spacial score (nSPS) is 15.9. The van der Waals surface area contributed by atoms with Gasteiger partial charge in [0.15, 0.2) is 5.16 Å². The van der Waals surface area contributed by atoms with E-state index >= 15 is 0 Å². The van der Waals surface area contributed by atoms with E-state index in [-0.39, 0.29) is 11.7 Å². The van der Waals surface area contributed by atoms with Crippen molar-refractivity contribution >= 4 is 23.6 Å². The molecule has 0 saturated heterocycles. The molecule has 1 atom stereocenters. The first-order valence-electron chi connectivity index (χ1n) is 6.61. The Morgan fingerprint density at radius 1 is 1.50 bits per heavy atom. The lowest BCUT2D eigenvalue weighted by atomic mass is 10.3. The number of rotatable bonds is 7. The topological polar surface area (TPSA) is 97.1 Å². The minimum absolute atomic E-state index is 0.0923. The van der Waals surface area contributed by atoms with Gasteiger partial charge in [-0.05, 0) is 26.7 Å². The van der Waals surface area contributed by atoms with Crippen LogP contribution in [-0.2, 0) is 9.59 Å². The number of aromatic nitrogens is 3. The number of likely N-dealkylation sites (N-methyl/N-ethyl adjacent to an activating group) is 1. The van der Waals surface area contributed by atoms with Crippen LogP contribution in [0.25, 0.3) is 0 Å². The summed E-state index contributed by atoms with van der Waals surface area (Å²) in [6.07, 6.45) is 2.09. The summed E-state index contributed by atoms with van der Waals surface area (Å²) in [5.74, 6) is 0.0232. The van der Waals surface area contributed by atoms with Crippen molar-refractivity contribution in [3.63, 3.8) is 0 Å². The summed E-state index contributed by atoms with van der Waals surface area (Å²) >= 11 is 1.09. The van der Waals surface area contributed by atoms with Crippen molar-refractivity contribution in [2.75, 3.05) is 12.3 Å². The first-order chi connectivity index (χ1) is 9.54. The number of aliphatic carboxylic acids is 1. The third-order valence-corrected chi connectivity index (χ3v) is 4.00. The number of carboxylic acids is 1. The molecule has 1 aliphatic carbocycles. The largest absolute Gasteiger partial charge is 0.481 e. The fraction of sp³-hybridized carbons (Fsp3) is 0.667. The van der Waals surface area contributed by atoms with Crippen molar-refractivity contribution < 1.29 is 14.7 Å². The summed E-state index contributed by atoms with van der Waals surface area (Å²) in [6, 6.07) is -0.433. The van der Waals surface area contributed by atoms with E-state index in [1.165, 1.54) is 0 Å². The van der Waals surface area contributed by atoms with E-state index in [9.17, 15) is 9.59 Å². The predicted molar refractivity (Wildman–Crippen MR) is 73.8 cm³/mol. The lowest BCUT2D eigenvalue weighted by molar-refractivity contribution is -0.133. The van der Waals surface area contributed by atoms with Crippen LogP contribution in [0.3, 0.4) is 0 Å². The Bertz CT molecular complexity index is 513. The highest BCUT2D eigenvalue weighted by Crippen LogP contribution is 2.41. The number of carboxylic acid groups (broad SMARTS) is 1. The lowest BCUT2D eigenvalue weighted by Crippen LogP contribution is -2.31. The Morgan fingerprint density at radius 3 is 2.75 bits per heavy atom. The van der Waals surface area contributed by atoms with Crippen LogP contribution in [0.2, 0.25) is 0 Å². The fourth-order valence-electron chi connectivity index (χ4n) is 1.94. The summed E-state index contributed by atoms with van der Waals surface area (Å²) in [5.41, 5.74) is 0. The van der Waals surface area contributed by atoms with Gasteiger partial charge in [-0.2, -0.15) is 0 Å². The van der Waals surface area contributed by atoms with E-state index in [0.29, 0.717) is 17.6 Å². The van der Waals surface area contributed by atoms with Crippen molar-refractivity contribution in [3.8, 4) is 0 Å². The minimum Gasteiger partial charge on any atom is -0.481 e. The molecule has 1 aromatic rings. The Morgan fingerprint density at radius 2 is 2.20 bits per heavy atom. The summed E-state index contributed by atoms with van der Waals surface area (Å²) < 4.78 is 1.77. The Balaban J connectivity index is 2.24. The molecule has 1 fully saturated rings. The highest BCUT2D eigenvalue weighted by molar-refractivity contribution is 7.99. The zero-order valence-corrected chi connectivity index (χ0v) is 12.3. The lowest BCUT2D eigenvalue weighted by Gasteiger charge is -2.17. The zero-order valence-electron chi connectivity index (χ0n) is 11.5. The van der Waals surface area contributed by atoms with Gasteiger partial charge in [-0.1, -0.05) is 11.8 Å². The summed E-state index contributed by atoms with van der Waals surface area (Å²) in [5, 5.41) is 20.2. The minimum atomic E-state index is -0.914. The molecular weight excluding hydrogens is 280 g/mol. The molecule has 0 aromatic carbocycles. The Kier molecular flexibility index (Phi) is 4.64. The number of thioether (sulfide) groups is 1. The van der Waals surface area contributed by atoms with E-state index < -0.39 is 12.0 Å². The van der Waals surface area contributed by atoms with Crippen LogP contribution < -0.4 is 5.32 Å². The van der Waals surface area contributed by atoms with Gasteiger partial charge in [0.05, 0.1) is 5.75 Å². The van der Waals surface area contributed by atoms with Gasteiger partial charge in [0.2, 0.25) is 5.91 Å². The third-order valence-electron chi connectivity index (χ3n) is 3.08. The molecule has 110 valence electrons. The summed E-state index contributed by atoms with van der Waals surface area (Å²) in [6.45, 7) is 4.20. The maximum Gasteiger partial charge on any atom is 0.313 e. The number of nitrogens with one attached hydrogen (secondary N) is 1. The first kappa shape index (κ1) is 14.8. The highest BCUT2D eigenvalue weighted by Gasteiger charge is 2.33. The van der Waals surface area contributed by atoms with Gasteiger partial charge in [-0.3, -0.25) is 14.2 Å². The van der Waals surface area contributed by atoms with E-state index in [1.807, 2.05) is 6.92 Å². The standard InChI is InChI=1S/C12H18N4O3S/c1-3-13-11(19)7(2)16-10(8-4-5-8)14-15-12(16)20-6-9(17)18/h7-8H,3-6H2,1-2H3,(H,13,19)(H,17,18). The molecule has 7 nitrogen and oxygen atoms in total. The fourth-order valence-corrected chi connectivity index (χ4v) is 2.68. The van der Waals surface area contributed by atoms with Crippen molar-refractivity contribution in [1.82, 2.24) is 20.1 Å². The maximum atomic E-state index is 12.0. The van der Waals surface area contributed by atoms with Gasteiger partial charge < -0.3 is 10.4 Å². The van der Waals surface area contributed by atoms with Crippen molar-refractivity contribution in [3.05, 3.63) is 5.82 Å². The van der Waals surface area contributed by atoms with Crippen molar-refractivity contribution in [2.45, 2.75) is 43.8 Å². The maximum absolute atomic E-state index is 12.0. The monoisotopic (exact) mass is 298 g/mol. The van der Waals surface area contributed by atoms with Crippen molar-refractivity contribution in [2.24, 2.45) is 0 Å². The van der Waals surface area contributed by atoms with Crippen LogP contribution in [0.15, 0.2) is 5.16 Å². The molecule has 1 unspecified atom stereocenters. The number of amides is 1. The molecule has 20 heavy (non-hydrogen) atoms. The smallest absolute Gasteiger partial charge is 0.313 e. The Hall–Kier alpha value is -1.57. The van der Waals surface area contributed by atoms with Crippen LogP contribution >= 0.6 is 11.8 Å². The second kappa shape index (κ2) is 6.25. The second-order valence-electron chi connectivity index (χ2n) is 4.74. The van der Waals surface area contributed by atoms with Crippen molar-refractivity contribution in [1.29, 1.82) is 0 Å². The number of hydrogen-bond donors (Lipinski definition) is 2. The number of carbonyl (C=O) groups is 2. The Labute approximate surface area is 121 Å². The molecular formula is C12H18N4O3S. The van der Waals surface area contributed by atoms with Crippen LogP contribution in [-0.4, -0.2) is 44.0 Å². The van der Waals surface area contributed by atoms with Gasteiger partial charge in [0.1, 0.15) is 11.9 Å². The van der Waals surface area contributed by atoms with E-state index in [0.717, 1.165) is 30.4 Å². The third kappa shape index (κ3) is 3.30. The summed E-state index contributed by atoms with van der Waals surface area (Å²) in [7, 11) is 0. The molecule has 1 aromatic heterocycles. The van der Waals surface area contributed by atoms with Crippen LogP contribution in [0, 0.1) is 0 Å². The molecule has 1 aliphatic rings. The quantitative estimate of drug-likeness (QED) is 0.730. The average molecular weight is 298 g/mol. The first-order valence-corrected chi connectivity index (χ1v) is 7.60. The van der Waals surface area contributed by atoms with Gasteiger partial charge in [-0.25, -0.2) is 0 Å². The molecule has 0 spiro atoms. The van der Waals surface area contributed by atoms with Gasteiger partial charge in [0.25, 0.3) is 0 Å². The van der Waals surface area contributed by atoms with Gasteiger partial charge in [-0.15, -0.1) is 10.2 Å². The molecule has 0 bridgehead atoms. The van der Waals surface area contributed by atoms with Gasteiger partial charge in [0, 0.05) is 12.5 Å². The number of carbonyl (C=O) groups excluding carboxylic acids is 1. The van der Waals surface area contributed by atoms with E-state index in [1.54, 1.807) is 11.5 Å². The second-order valence-corrected chi connectivity index (χ2v) is 5.68. The van der Waals surface area contributed by atoms with Crippen LogP contribution in [0.4, 0.5) is 0 Å². The molecule has 0 aliphatic heterocycles. The average Bonchev–Trinajstić information content (AvgIpc) is 3.16. The van der Waals surface area contributed by atoms with E-state index in [2.05, 4.69) is 15.5 Å². The molecule has 2 N–H and O–H groups in total. The SMILES string of the molecule is CCNC(=O)C(C)n1c(SCC(=O)O)nnc1C1CC1. The predicted octanol–water partition coefficient (Wildman–Crippen LogP) is 1.03. The number of nitrogens with zero attached hydrogens (tertiary/aromatic N) is 3.